The molecule has 0 aliphatic rings. The van der Waals surface area contributed by atoms with Crippen molar-refractivity contribution in [3.05, 3.63) is 72.0 Å². The number of aryl methyl sites for hydroxylation is 1. The molecule has 2 nitrogen and oxygen atoms in total. The summed E-state index contributed by atoms with van der Waals surface area (Å²) < 4.78 is 5.81. The maximum absolute atomic E-state index is 11.8. The smallest absolute Gasteiger partial charge is 0.195 e. The summed E-state index contributed by atoms with van der Waals surface area (Å²) in [7, 11) is 0. The second-order valence-corrected chi connectivity index (χ2v) is 5.14. The van der Waals surface area contributed by atoms with E-state index in [1.54, 1.807) is 0 Å². The first kappa shape index (κ1) is 13.4. The number of Topliss-reactive ketones (excluding diaryl/α,β-unsaturated/α-hetero) is 1. The molecule has 21 heavy (non-hydrogen) atoms. The van der Waals surface area contributed by atoms with Gasteiger partial charge in [0.05, 0.1) is 0 Å². The fourth-order valence-electron chi connectivity index (χ4n) is 2.34. The number of furan rings is 1. The molecule has 0 spiro atoms. The van der Waals surface area contributed by atoms with E-state index in [9.17, 15) is 4.79 Å². The Balaban J connectivity index is 2.13. The summed E-state index contributed by atoms with van der Waals surface area (Å²) in [5.74, 6) is 1.07. The van der Waals surface area contributed by atoms with E-state index in [2.05, 4.69) is 0 Å². The van der Waals surface area contributed by atoms with Gasteiger partial charge in [-0.2, -0.15) is 0 Å². The van der Waals surface area contributed by atoms with Crippen molar-refractivity contribution in [2.75, 3.05) is 0 Å². The number of ketones is 1. The van der Waals surface area contributed by atoms with Gasteiger partial charge in [0.15, 0.2) is 11.5 Å². The van der Waals surface area contributed by atoms with E-state index < -0.39 is 0 Å². The van der Waals surface area contributed by atoms with E-state index in [1.165, 1.54) is 12.5 Å². The molecule has 1 heterocycles. The molecule has 2 aromatic carbocycles. The van der Waals surface area contributed by atoms with E-state index in [1.807, 2.05) is 67.6 Å². The molecule has 0 N–H and O–H groups in total. The minimum atomic E-state index is -0.0628. The zero-order chi connectivity index (χ0) is 14.8. The zero-order valence-corrected chi connectivity index (χ0v) is 12.1. The van der Waals surface area contributed by atoms with E-state index >= 15 is 0 Å². The standard InChI is InChI=1S/C19H16O2/c1-13-8-10-16(11-9-13)18-12-17(19(21-18)14(2)20)15-6-4-3-5-7-15/h3-12H,1-2H3. The van der Waals surface area contributed by atoms with Crippen LogP contribution in [0.3, 0.4) is 0 Å². The van der Waals surface area contributed by atoms with Gasteiger partial charge in [0.25, 0.3) is 0 Å². The molecule has 0 radical (unpaired) electrons. The maximum atomic E-state index is 11.8. The van der Waals surface area contributed by atoms with Crippen LogP contribution in [0.2, 0.25) is 0 Å². The number of carbonyl (C=O) groups excluding carboxylic acids is 1. The van der Waals surface area contributed by atoms with Crippen LogP contribution in [0, 0.1) is 6.92 Å². The van der Waals surface area contributed by atoms with E-state index in [-0.39, 0.29) is 5.78 Å². The first-order chi connectivity index (χ1) is 10.1. The molecule has 0 atom stereocenters. The Bertz CT molecular complexity index is 765. The van der Waals surface area contributed by atoms with Crippen LogP contribution in [-0.4, -0.2) is 5.78 Å². The van der Waals surface area contributed by atoms with Crippen LogP contribution in [0.5, 0.6) is 0 Å². The van der Waals surface area contributed by atoms with Crippen LogP contribution in [-0.2, 0) is 0 Å². The normalized spacial score (nSPS) is 10.6. The first-order valence-corrected chi connectivity index (χ1v) is 6.92. The van der Waals surface area contributed by atoms with Gasteiger partial charge in [-0.1, -0.05) is 60.2 Å². The van der Waals surface area contributed by atoms with Gasteiger partial charge < -0.3 is 4.42 Å². The third-order valence-corrected chi connectivity index (χ3v) is 3.47. The molecular formula is C19H16O2. The van der Waals surface area contributed by atoms with E-state index in [4.69, 9.17) is 4.42 Å². The van der Waals surface area contributed by atoms with Crippen LogP contribution in [0.4, 0.5) is 0 Å². The third kappa shape index (κ3) is 2.65. The molecule has 0 saturated carbocycles. The average Bonchev–Trinajstić information content (AvgIpc) is 2.94. The van der Waals surface area contributed by atoms with Crippen molar-refractivity contribution in [1.82, 2.24) is 0 Å². The Morgan fingerprint density at radius 3 is 2.19 bits per heavy atom. The van der Waals surface area contributed by atoms with Gasteiger partial charge in [-0.05, 0) is 18.6 Å². The van der Waals surface area contributed by atoms with Crippen LogP contribution in [0.15, 0.2) is 65.1 Å². The van der Waals surface area contributed by atoms with Crippen molar-refractivity contribution in [2.45, 2.75) is 13.8 Å². The molecule has 3 aromatic rings. The Morgan fingerprint density at radius 2 is 1.57 bits per heavy atom. The van der Waals surface area contributed by atoms with Crippen LogP contribution in [0.1, 0.15) is 23.0 Å². The summed E-state index contributed by atoms with van der Waals surface area (Å²) in [6.45, 7) is 3.58. The molecule has 3 rings (SSSR count). The molecule has 0 amide bonds. The van der Waals surface area contributed by atoms with Crippen molar-refractivity contribution < 1.29 is 9.21 Å². The summed E-state index contributed by atoms with van der Waals surface area (Å²) in [6, 6.07) is 19.9. The van der Waals surface area contributed by atoms with Gasteiger partial charge in [-0.25, -0.2) is 0 Å². The molecule has 0 fully saturated rings. The topological polar surface area (TPSA) is 30.2 Å². The molecule has 0 unspecified atom stereocenters. The zero-order valence-electron chi connectivity index (χ0n) is 12.1. The lowest BCUT2D eigenvalue weighted by atomic mass is 10.0. The van der Waals surface area contributed by atoms with E-state index in [0.717, 1.165) is 22.5 Å². The number of hydrogen-bond acceptors (Lipinski definition) is 2. The SMILES string of the molecule is CC(=O)c1oc(-c2ccc(C)cc2)cc1-c1ccccc1. The van der Waals surface area contributed by atoms with Gasteiger partial charge in [0.1, 0.15) is 5.76 Å². The predicted molar refractivity (Wildman–Crippen MR) is 84.3 cm³/mol. The number of rotatable bonds is 3. The van der Waals surface area contributed by atoms with Crippen LogP contribution < -0.4 is 0 Å². The van der Waals surface area contributed by atoms with Gasteiger partial charge in [-0.3, -0.25) is 4.79 Å². The minimum Gasteiger partial charge on any atom is -0.452 e. The lowest BCUT2D eigenvalue weighted by Crippen LogP contribution is -1.91. The minimum absolute atomic E-state index is 0.0628. The molecular weight excluding hydrogens is 260 g/mol. The van der Waals surface area contributed by atoms with Crippen molar-refractivity contribution in [2.24, 2.45) is 0 Å². The summed E-state index contributed by atoms with van der Waals surface area (Å²) in [4.78, 5) is 11.8. The van der Waals surface area contributed by atoms with Gasteiger partial charge in [0, 0.05) is 18.1 Å². The highest BCUT2D eigenvalue weighted by atomic mass is 16.3. The Labute approximate surface area is 124 Å². The highest BCUT2D eigenvalue weighted by molar-refractivity contribution is 5.99. The highest BCUT2D eigenvalue weighted by Crippen LogP contribution is 2.33. The average molecular weight is 276 g/mol. The molecule has 1 aromatic heterocycles. The Morgan fingerprint density at radius 1 is 0.905 bits per heavy atom. The summed E-state index contributed by atoms with van der Waals surface area (Å²) in [5.41, 5.74) is 4.01. The summed E-state index contributed by atoms with van der Waals surface area (Å²) in [5, 5.41) is 0. The fraction of sp³-hybridized carbons (Fsp3) is 0.105. The number of carbonyl (C=O) groups is 1. The quantitative estimate of drug-likeness (QED) is 0.621. The largest absolute Gasteiger partial charge is 0.452 e. The lowest BCUT2D eigenvalue weighted by molar-refractivity contribution is 0.0989. The lowest BCUT2D eigenvalue weighted by Gasteiger charge is -1.98. The van der Waals surface area contributed by atoms with Crippen LogP contribution >= 0.6 is 0 Å². The van der Waals surface area contributed by atoms with Crippen molar-refractivity contribution in [3.63, 3.8) is 0 Å². The maximum Gasteiger partial charge on any atom is 0.195 e. The number of hydrogen-bond donors (Lipinski definition) is 0. The van der Waals surface area contributed by atoms with Crippen molar-refractivity contribution >= 4 is 5.78 Å². The second-order valence-electron chi connectivity index (χ2n) is 5.14. The summed E-state index contributed by atoms with van der Waals surface area (Å²) in [6.07, 6.45) is 0. The third-order valence-electron chi connectivity index (χ3n) is 3.47. The predicted octanol–water partition coefficient (Wildman–Crippen LogP) is 5.12. The molecule has 2 heteroatoms. The molecule has 0 aliphatic heterocycles. The molecule has 0 aliphatic carbocycles. The molecule has 0 saturated heterocycles. The van der Waals surface area contributed by atoms with Gasteiger partial charge in [0.2, 0.25) is 0 Å². The number of benzene rings is 2. The molecule has 0 bridgehead atoms. The van der Waals surface area contributed by atoms with Gasteiger partial charge >= 0.3 is 0 Å². The van der Waals surface area contributed by atoms with E-state index in [0.29, 0.717) is 5.76 Å². The van der Waals surface area contributed by atoms with Crippen molar-refractivity contribution in [3.8, 4) is 22.5 Å². The van der Waals surface area contributed by atoms with Gasteiger partial charge in [-0.15, -0.1) is 0 Å². The first-order valence-electron chi connectivity index (χ1n) is 6.92. The fourth-order valence-corrected chi connectivity index (χ4v) is 2.34. The summed E-state index contributed by atoms with van der Waals surface area (Å²) >= 11 is 0. The monoisotopic (exact) mass is 276 g/mol. The highest BCUT2D eigenvalue weighted by Gasteiger charge is 2.17. The molecule has 104 valence electrons. The van der Waals surface area contributed by atoms with Crippen LogP contribution in [0.25, 0.3) is 22.5 Å². The second kappa shape index (κ2) is 5.41. The Kier molecular flexibility index (Phi) is 3.44. The van der Waals surface area contributed by atoms with Crippen molar-refractivity contribution in [1.29, 1.82) is 0 Å². The Hall–Kier alpha value is -2.61.